The van der Waals surface area contributed by atoms with E-state index in [-0.39, 0.29) is 0 Å². The average Bonchev–Trinajstić information content (AvgIpc) is 2.74. The highest BCUT2D eigenvalue weighted by Crippen LogP contribution is 2.67. The zero-order valence-electron chi connectivity index (χ0n) is 11.5. The van der Waals surface area contributed by atoms with Gasteiger partial charge in [-0.1, -0.05) is 60.3 Å². The van der Waals surface area contributed by atoms with Crippen LogP contribution >= 0.6 is 0 Å². The molecule has 1 rings (SSSR count). The summed E-state index contributed by atoms with van der Waals surface area (Å²) in [4.78, 5) is 0. The number of hydrogen-bond donors (Lipinski definition) is 0. The first-order chi connectivity index (χ1) is 7.11. The Balaban J connectivity index is 2.46. The van der Waals surface area contributed by atoms with Crippen LogP contribution in [0.4, 0.5) is 0 Å². The Kier molecular flexibility index (Phi) is 4.67. The van der Waals surface area contributed by atoms with Gasteiger partial charge in [0.2, 0.25) is 0 Å². The molecule has 15 heavy (non-hydrogen) atoms. The monoisotopic (exact) mass is 210 g/mol. The Hall–Kier alpha value is 0. The molecule has 0 amide bonds. The van der Waals surface area contributed by atoms with Crippen LogP contribution in [0.3, 0.4) is 0 Å². The van der Waals surface area contributed by atoms with Crippen LogP contribution in [0.5, 0.6) is 0 Å². The van der Waals surface area contributed by atoms with Crippen molar-refractivity contribution in [2.75, 3.05) is 0 Å². The van der Waals surface area contributed by atoms with E-state index in [4.69, 9.17) is 0 Å². The molecule has 0 nitrogen and oxygen atoms in total. The van der Waals surface area contributed by atoms with Gasteiger partial charge in [-0.2, -0.15) is 0 Å². The van der Waals surface area contributed by atoms with E-state index in [0.29, 0.717) is 0 Å². The van der Waals surface area contributed by atoms with E-state index >= 15 is 0 Å². The summed E-state index contributed by atoms with van der Waals surface area (Å²) >= 11 is 0. The minimum Gasteiger partial charge on any atom is -0.0654 e. The molecule has 0 aliphatic heterocycles. The Morgan fingerprint density at radius 1 is 1.07 bits per heavy atom. The Labute approximate surface area is 96.8 Å². The molecule has 3 unspecified atom stereocenters. The van der Waals surface area contributed by atoms with E-state index in [2.05, 4.69) is 34.6 Å². The molecule has 1 aliphatic carbocycles. The Bertz CT molecular complexity index is 182. The third kappa shape index (κ3) is 2.40. The van der Waals surface area contributed by atoms with Gasteiger partial charge in [0.05, 0.1) is 0 Å². The molecule has 0 heterocycles. The third-order valence-corrected chi connectivity index (χ3v) is 4.91. The lowest BCUT2D eigenvalue weighted by Gasteiger charge is -2.22. The molecule has 0 radical (unpaired) electrons. The highest BCUT2D eigenvalue weighted by Gasteiger charge is 2.61. The van der Waals surface area contributed by atoms with Gasteiger partial charge in [0.1, 0.15) is 0 Å². The summed E-state index contributed by atoms with van der Waals surface area (Å²) in [6, 6.07) is 0. The van der Waals surface area contributed by atoms with Crippen LogP contribution in [0.1, 0.15) is 73.1 Å². The molecule has 1 fully saturated rings. The number of unbranched alkanes of at least 4 members (excludes halogenated alkanes) is 2. The van der Waals surface area contributed by atoms with Gasteiger partial charge >= 0.3 is 0 Å². The van der Waals surface area contributed by atoms with Crippen molar-refractivity contribution in [2.24, 2.45) is 23.2 Å². The van der Waals surface area contributed by atoms with Crippen LogP contribution in [0.25, 0.3) is 0 Å². The minimum atomic E-state index is 0.725. The molecular weight excluding hydrogens is 180 g/mol. The van der Waals surface area contributed by atoms with Crippen LogP contribution < -0.4 is 0 Å². The summed E-state index contributed by atoms with van der Waals surface area (Å²) in [6.07, 6.45) is 8.58. The summed E-state index contributed by atoms with van der Waals surface area (Å²) in [5.41, 5.74) is 0.725. The summed E-state index contributed by atoms with van der Waals surface area (Å²) in [5, 5.41) is 0. The van der Waals surface area contributed by atoms with Crippen molar-refractivity contribution in [2.45, 2.75) is 73.1 Å². The maximum atomic E-state index is 2.49. The molecule has 1 aliphatic rings. The second-order valence-corrected chi connectivity index (χ2v) is 5.91. The predicted molar refractivity (Wildman–Crippen MR) is 69.0 cm³/mol. The molecule has 0 spiro atoms. The summed E-state index contributed by atoms with van der Waals surface area (Å²) in [5.74, 6) is 2.93. The molecule has 90 valence electrons. The second-order valence-electron chi connectivity index (χ2n) is 5.91. The van der Waals surface area contributed by atoms with Crippen LogP contribution in [-0.2, 0) is 0 Å². The van der Waals surface area contributed by atoms with Crippen molar-refractivity contribution < 1.29 is 0 Å². The van der Waals surface area contributed by atoms with Gasteiger partial charge in [0.25, 0.3) is 0 Å². The largest absolute Gasteiger partial charge is 0.0654 e. The van der Waals surface area contributed by atoms with Crippen molar-refractivity contribution in [3.05, 3.63) is 0 Å². The maximum Gasteiger partial charge on any atom is -0.0215 e. The van der Waals surface area contributed by atoms with Gasteiger partial charge in [-0.15, -0.1) is 0 Å². The molecule has 0 aromatic carbocycles. The fraction of sp³-hybridized carbons (Fsp3) is 1.00. The Morgan fingerprint density at radius 2 is 1.73 bits per heavy atom. The molecule has 0 bridgehead atoms. The predicted octanol–water partition coefficient (Wildman–Crippen LogP) is 5.28. The van der Waals surface area contributed by atoms with Gasteiger partial charge in [-0.25, -0.2) is 0 Å². The van der Waals surface area contributed by atoms with Crippen LogP contribution in [0.15, 0.2) is 0 Å². The number of hydrogen-bond acceptors (Lipinski definition) is 0. The molecule has 0 N–H and O–H groups in total. The first-order valence-electron chi connectivity index (χ1n) is 7.11. The topological polar surface area (TPSA) is 0 Å². The SMILES string of the molecule is CCCCCC1C(C)C1(CCC)C(C)C. The van der Waals surface area contributed by atoms with Crippen LogP contribution in [0, 0.1) is 23.2 Å². The average molecular weight is 210 g/mol. The lowest BCUT2D eigenvalue weighted by atomic mass is 9.83. The fourth-order valence-corrected chi connectivity index (χ4v) is 3.98. The first kappa shape index (κ1) is 13.1. The first-order valence-corrected chi connectivity index (χ1v) is 7.11. The molecule has 0 aromatic heterocycles. The van der Waals surface area contributed by atoms with E-state index < -0.39 is 0 Å². The van der Waals surface area contributed by atoms with Gasteiger partial charge in [-0.3, -0.25) is 0 Å². The van der Waals surface area contributed by atoms with Crippen molar-refractivity contribution in [1.82, 2.24) is 0 Å². The maximum absolute atomic E-state index is 2.49. The van der Waals surface area contributed by atoms with E-state index in [9.17, 15) is 0 Å². The molecule has 0 saturated heterocycles. The van der Waals surface area contributed by atoms with Crippen LogP contribution in [-0.4, -0.2) is 0 Å². The summed E-state index contributed by atoms with van der Waals surface area (Å²) in [7, 11) is 0. The van der Waals surface area contributed by atoms with Crippen molar-refractivity contribution in [3.63, 3.8) is 0 Å². The van der Waals surface area contributed by atoms with Gasteiger partial charge < -0.3 is 0 Å². The van der Waals surface area contributed by atoms with Gasteiger partial charge in [0.15, 0.2) is 0 Å². The zero-order chi connectivity index (χ0) is 11.5. The van der Waals surface area contributed by atoms with E-state index in [1.807, 2.05) is 0 Å². The molecular formula is C15H30. The van der Waals surface area contributed by atoms with E-state index in [0.717, 1.165) is 23.2 Å². The molecule has 3 atom stereocenters. The van der Waals surface area contributed by atoms with Gasteiger partial charge in [0, 0.05) is 0 Å². The third-order valence-electron chi connectivity index (χ3n) is 4.91. The highest BCUT2D eigenvalue weighted by molar-refractivity contribution is 5.09. The minimum absolute atomic E-state index is 0.725. The lowest BCUT2D eigenvalue weighted by molar-refractivity contribution is 0.276. The van der Waals surface area contributed by atoms with Crippen molar-refractivity contribution >= 4 is 0 Å². The smallest absolute Gasteiger partial charge is 0.0215 e. The standard InChI is InChI=1S/C15H30/c1-6-8-9-10-14-13(5)15(14,11-7-2)12(3)4/h12-14H,6-11H2,1-5H3. The van der Waals surface area contributed by atoms with Crippen molar-refractivity contribution in [3.8, 4) is 0 Å². The molecule has 0 aromatic rings. The van der Waals surface area contributed by atoms with Crippen LogP contribution in [0.2, 0.25) is 0 Å². The quantitative estimate of drug-likeness (QED) is 0.502. The summed E-state index contributed by atoms with van der Waals surface area (Å²) in [6.45, 7) is 12.0. The van der Waals surface area contributed by atoms with Gasteiger partial charge in [-0.05, 0) is 36.0 Å². The fourth-order valence-electron chi connectivity index (χ4n) is 3.98. The second kappa shape index (κ2) is 5.37. The molecule has 1 saturated carbocycles. The van der Waals surface area contributed by atoms with E-state index in [1.54, 1.807) is 0 Å². The van der Waals surface area contributed by atoms with E-state index in [1.165, 1.54) is 38.5 Å². The Morgan fingerprint density at radius 3 is 2.20 bits per heavy atom. The lowest BCUT2D eigenvalue weighted by Crippen LogP contribution is -2.13. The van der Waals surface area contributed by atoms with Crippen molar-refractivity contribution in [1.29, 1.82) is 0 Å². The zero-order valence-corrected chi connectivity index (χ0v) is 11.5. The summed E-state index contributed by atoms with van der Waals surface area (Å²) < 4.78 is 0. The highest BCUT2D eigenvalue weighted by atomic mass is 14.7. The molecule has 0 heteroatoms. The normalized spacial score (nSPS) is 34.8. The number of rotatable bonds is 7.